The van der Waals surface area contributed by atoms with Crippen LogP contribution in [-0.2, 0) is 4.79 Å². The summed E-state index contributed by atoms with van der Waals surface area (Å²) in [6, 6.07) is 16.4. The number of aliphatic hydroxyl groups is 1. The number of aryl methyl sites for hydroxylation is 1. The highest BCUT2D eigenvalue weighted by atomic mass is 16.3. The van der Waals surface area contributed by atoms with Crippen LogP contribution >= 0.6 is 0 Å². The van der Waals surface area contributed by atoms with E-state index < -0.39 is 12.5 Å². The van der Waals surface area contributed by atoms with Crippen LogP contribution in [0.25, 0.3) is 0 Å². The van der Waals surface area contributed by atoms with E-state index >= 15 is 0 Å². The molecule has 0 spiro atoms. The van der Waals surface area contributed by atoms with Gasteiger partial charge in [-0.2, -0.15) is 0 Å². The molecule has 0 aliphatic heterocycles. The molecule has 0 aromatic heterocycles. The summed E-state index contributed by atoms with van der Waals surface area (Å²) in [5.41, 5.74) is 4.29. The quantitative estimate of drug-likeness (QED) is 0.765. The molecule has 3 N–H and O–H groups in total. The molecule has 1 unspecified atom stereocenters. The first-order valence-electron chi connectivity index (χ1n) is 8.00. The average Bonchev–Trinajstić information content (AvgIpc) is 3.38. The molecule has 0 bridgehead atoms. The van der Waals surface area contributed by atoms with Gasteiger partial charge < -0.3 is 15.7 Å². The van der Waals surface area contributed by atoms with Gasteiger partial charge in [-0.25, -0.2) is 0 Å². The van der Waals surface area contributed by atoms with Crippen molar-refractivity contribution >= 4 is 17.3 Å². The first-order chi connectivity index (χ1) is 11.2. The van der Waals surface area contributed by atoms with Crippen LogP contribution in [0, 0.1) is 12.8 Å². The van der Waals surface area contributed by atoms with Crippen molar-refractivity contribution < 1.29 is 9.90 Å². The van der Waals surface area contributed by atoms with Gasteiger partial charge in [0.1, 0.15) is 6.61 Å². The lowest BCUT2D eigenvalue weighted by Gasteiger charge is -2.22. The predicted molar refractivity (Wildman–Crippen MR) is 92.4 cm³/mol. The van der Waals surface area contributed by atoms with Crippen LogP contribution in [0.2, 0.25) is 0 Å². The molecular formula is C19H22N2O2. The van der Waals surface area contributed by atoms with Crippen molar-refractivity contribution in [3.63, 3.8) is 0 Å². The van der Waals surface area contributed by atoms with Crippen LogP contribution in [0.5, 0.6) is 0 Å². The first kappa shape index (κ1) is 15.6. The van der Waals surface area contributed by atoms with Gasteiger partial charge in [0.2, 0.25) is 5.91 Å². The Hall–Kier alpha value is -2.33. The van der Waals surface area contributed by atoms with Crippen LogP contribution in [-0.4, -0.2) is 17.6 Å². The van der Waals surface area contributed by atoms with Crippen molar-refractivity contribution in [2.24, 2.45) is 5.92 Å². The lowest BCUT2D eigenvalue weighted by atomic mass is 9.97. The molecule has 0 saturated heterocycles. The molecule has 1 fully saturated rings. The van der Waals surface area contributed by atoms with Crippen molar-refractivity contribution in [1.29, 1.82) is 0 Å². The summed E-state index contributed by atoms with van der Waals surface area (Å²) in [6.07, 6.45) is 2.49. The monoisotopic (exact) mass is 310 g/mol. The summed E-state index contributed by atoms with van der Waals surface area (Å²) in [7, 11) is 0. The first-order valence-corrected chi connectivity index (χ1v) is 8.00. The normalized spacial score (nSPS) is 15.0. The molecular weight excluding hydrogens is 288 g/mol. The van der Waals surface area contributed by atoms with Crippen molar-refractivity contribution in [3.8, 4) is 0 Å². The van der Waals surface area contributed by atoms with Gasteiger partial charge in [-0.15, -0.1) is 0 Å². The van der Waals surface area contributed by atoms with Gasteiger partial charge in [0, 0.05) is 11.4 Å². The van der Waals surface area contributed by atoms with E-state index in [0.717, 1.165) is 5.69 Å². The fourth-order valence-corrected chi connectivity index (χ4v) is 2.88. The van der Waals surface area contributed by atoms with Crippen LogP contribution in [0.15, 0.2) is 48.5 Å². The van der Waals surface area contributed by atoms with Gasteiger partial charge >= 0.3 is 0 Å². The summed E-state index contributed by atoms with van der Waals surface area (Å²) in [4.78, 5) is 11.3. The number of carbonyl (C=O) groups excluding carboxylic acids is 1. The smallest absolute Gasteiger partial charge is 0.250 e. The Balaban J connectivity index is 1.80. The highest BCUT2D eigenvalue weighted by Crippen LogP contribution is 2.43. The maximum absolute atomic E-state index is 11.3. The maximum atomic E-state index is 11.3. The second-order valence-electron chi connectivity index (χ2n) is 6.10. The Morgan fingerprint density at radius 3 is 2.61 bits per heavy atom. The minimum atomic E-state index is -0.508. The molecule has 0 radical (unpaired) electrons. The standard InChI is InChI=1S/C19H22N2O2/c1-13-5-2-3-8-17(13)19(14-9-10-14)21-16-7-4-6-15(11-16)20-18(23)12-22/h2-8,11,14,19,21-22H,9-10,12H2,1H3,(H,20,23). The van der Waals surface area contributed by atoms with Crippen LogP contribution in [0.1, 0.15) is 30.0 Å². The third-order valence-electron chi connectivity index (χ3n) is 4.23. The third-order valence-corrected chi connectivity index (χ3v) is 4.23. The summed E-state index contributed by atoms with van der Waals surface area (Å²) in [6.45, 7) is 1.63. The number of hydrogen-bond acceptors (Lipinski definition) is 3. The minimum absolute atomic E-state index is 0.292. The molecule has 23 heavy (non-hydrogen) atoms. The van der Waals surface area contributed by atoms with Crippen LogP contribution in [0.3, 0.4) is 0 Å². The Morgan fingerprint density at radius 2 is 1.91 bits per heavy atom. The minimum Gasteiger partial charge on any atom is -0.387 e. The highest BCUT2D eigenvalue weighted by Gasteiger charge is 2.33. The molecule has 1 amide bonds. The van der Waals surface area contributed by atoms with E-state index in [4.69, 9.17) is 5.11 Å². The summed E-state index contributed by atoms with van der Waals surface area (Å²) >= 11 is 0. The van der Waals surface area contributed by atoms with Gasteiger partial charge in [0.05, 0.1) is 6.04 Å². The molecule has 1 saturated carbocycles. The van der Waals surface area contributed by atoms with Gasteiger partial charge in [-0.05, 0) is 55.0 Å². The second kappa shape index (κ2) is 6.84. The largest absolute Gasteiger partial charge is 0.387 e. The highest BCUT2D eigenvalue weighted by molar-refractivity contribution is 5.91. The van der Waals surface area contributed by atoms with Crippen LogP contribution in [0.4, 0.5) is 11.4 Å². The molecule has 1 atom stereocenters. The Morgan fingerprint density at radius 1 is 1.17 bits per heavy atom. The number of nitrogens with one attached hydrogen (secondary N) is 2. The number of hydrogen-bond donors (Lipinski definition) is 3. The van der Waals surface area contributed by atoms with Crippen molar-refractivity contribution in [2.75, 3.05) is 17.2 Å². The van der Waals surface area contributed by atoms with Crippen LogP contribution < -0.4 is 10.6 Å². The Kier molecular flexibility index (Phi) is 4.63. The van der Waals surface area contributed by atoms with Crippen molar-refractivity contribution in [1.82, 2.24) is 0 Å². The number of rotatable bonds is 6. The lowest BCUT2D eigenvalue weighted by molar-refractivity contribution is -0.118. The number of carbonyl (C=O) groups is 1. The van der Waals surface area contributed by atoms with E-state index in [-0.39, 0.29) is 0 Å². The number of amides is 1. The summed E-state index contributed by atoms with van der Waals surface area (Å²) < 4.78 is 0. The summed E-state index contributed by atoms with van der Waals surface area (Å²) in [5.74, 6) is 0.256. The average molecular weight is 310 g/mol. The number of aliphatic hydroxyl groups excluding tert-OH is 1. The fourth-order valence-electron chi connectivity index (χ4n) is 2.88. The molecule has 2 aromatic rings. The SMILES string of the molecule is Cc1ccccc1C(Nc1cccc(NC(=O)CO)c1)C1CC1. The molecule has 0 heterocycles. The molecule has 120 valence electrons. The zero-order chi connectivity index (χ0) is 16.2. The molecule has 2 aromatic carbocycles. The molecule has 1 aliphatic rings. The second-order valence-corrected chi connectivity index (χ2v) is 6.10. The Labute approximate surface area is 136 Å². The Bertz CT molecular complexity index is 695. The molecule has 4 nitrogen and oxygen atoms in total. The maximum Gasteiger partial charge on any atom is 0.250 e. The van der Waals surface area contributed by atoms with Gasteiger partial charge in [0.15, 0.2) is 0 Å². The zero-order valence-corrected chi connectivity index (χ0v) is 13.3. The van der Waals surface area contributed by atoms with E-state index in [1.54, 1.807) is 0 Å². The number of anilines is 2. The molecule has 3 rings (SSSR count). The van der Waals surface area contributed by atoms with E-state index in [1.165, 1.54) is 24.0 Å². The zero-order valence-electron chi connectivity index (χ0n) is 13.3. The third kappa shape index (κ3) is 3.90. The topological polar surface area (TPSA) is 61.4 Å². The lowest BCUT2D eigenvalue weighted by Crippen LogP contribution is -2.16. The van der Waals surface area contributed by atoms with Crippen molar-refractivity contribution in [3.05, 3.63) is 59.7 Å². The van der Waals surface area contributed by atoms with E-state index in [9.17, 15) is 4.79 Å². The molecule has 4 heteroatoms. The van der Waals surface area contributed by atoms with Gasteiger partial charge in [-0.1, -0.05) is 30.3 Å². The van der Waals surface area contributed by atoms with Crippen molar-refractivity contribution in [2.45, 2.75) is 25.8 Å². The van der Waals surface area contributed by atoms with E-state index in [0.29, 0.717) is 17.6 Å². The number of benzene rings is 2. The summed E-state index contributed by atoms with van der Waals surface area (Å²) in [5, 5.41) is 15.1. The van der Waals surface area contributed by atoms with E-state index in [1.807, 2.05) is 24.3 Å². The predicted octanol–water partition coefficient (Wildman–Crippen LogP) is 3.49. The van der Waals surface area contributed by atoms with Gasteiger partial charge in [0.25, 0.3) is 0 Å². The molecule has 1 aliphatic carbocycles. The van der Waals surface area contributed by atoms with Gasteiger partial charge in [-0.3, -0.25) is 4.79 Å². The fraction of sp³-hybridized carbons (Fsp3) is 0.316. The van der Waals surface area contributed by atoms with E-state index in [2.05, 4.69) is 41.8 Å².